The standard InChI is InChI=1S/C8H11ClN2/c9-4-3-6-5-7(10)1-2-8(6)11/h1-2,5H,3-4,10-11H2. The van der Waals surface area contributed by atoms with E-state index in [4.69, 9.17) is 23.1 Å². The zero-order chi connectivity index (χ0) is 8.27. The highest BCUT2D eigenvalue weighted by Crippen LogP contribution is 2.16. The maximum absolute atomic E-state index is 5.66. The first-order valence-electron chi connectivity index (χ1n) is 3.44. The van der Waals surface area contributed by atoms with Crippen LogP contribution in [0.4, 0.5) is 11.4 Å². The molecule has 0 heterocycles. The molecule has 3 heteroatoms. The Hall–Kier alpha value is -0.890. The van der Waals surface area contributed by atoms with E-state index < -0.39 is 0 Å². The molecule has 0 atom stereocenters. The van der Waals surface area contributed by atoms with Crippen LogP contribution in [-0.2, 0) is 6.42 Å². The van der Waals surface area contributed by atoms with Crippen molar-refractivity contribution < 1.29 is 0 Å². The van der Waals surface area contributed by atoms with Gasteiger partial charge in [-0.3, -0.25) is 0 Å². The molecule has 0 fully saturated rings. The van der Waals surface area contributed by atoms with Gasteiger partial charge in [-0.2, -0.15) is 0 Å². The van der Waals surface area contributed by atoms with Gasteiger partial charge >= 0.3 is 0 Å². The quantitative estimate of drug-likeness (QED) is 0.524. The molecule has 0 radical (unpaired) electrons. The van der Waals surface area contributed by atoms with Gasteiger partial charge in [0.15, 0.2) is 0 Å². The number of hydrogen-bond acceptors (Lipinski definition) is 2. The van der Waals surface area contributed by atoms with Gasteiger partial charge in [0, 0.05) is 17.3 Å². The van der Waals surface area contributed by atoms with Crippen molar-refractivity contribution in [1.82, 2.24) is 0 Å². The maximum Gasteiger partial charge on any atom is 0.0348 e. The minimum absolute atomic E-state index is 0.577. The van der Waals surface area contributed by atoms with Crippen LogP contribution in [-0.4, -0.2) is 5.88 Å². The second kappa shape index (κ2) is 3.49. The number of benzene rings is 1. The van der Waals surface area contributed by atoms with Crippen molar-refractivity contribution >= 4 is 23.0 Å². The third kappa shape index (κ3) is 2.02. The molecular weight excluding hydrogens is 160 g/mol. The van der Waals surface area contributed by atoms with E-state index in [1.165, 1.54) is 0 Å². The fourth-order valence-corrected chi connectivity index (χ4v) is 1.15. The van der Waals surface area contributed by atoms with Gasteiger partial charge in [0.2, 0.25) is 0 Å². The summed E-state index contributed by atoms with van der Waals surface area (Å²) in [5.41, 5.74) is 13.7. The van der Waals surface area contributed by atoms with Crippen molar-refractivity contribution in [2.45, 2.75) is 6.42 Å². The second-order valence-corrected chi connectivity index (χ2v) is 2.78. The fourth-order valence-electron chi connectivity index (χ4n) is 0.944. The summed E-state index contributed by atoms with van der Waals surface area (Å²) in [6.07, 6.45) is 0.776. The molecule has 1 aromatic rings. The zero-order valence-corrected chi connectivity index (χ0v) is 6.93. The number of rotatable bonds is 2. The lowest BCUT2D eigenvalue weighted by atomic mass is 10.1. The predicted molar refractivity (Wildman–Crippen MR) is 49.7 cm³/mol. The molecule has 1 rings (SSSR count). The van der Waals surface area contributed by atoms with E-state index in [9.17, 15) is 0 Å². The Morgan fingerprint density at radius 1 is 1.27 bits per heavy atom. The number of anilines is 2. The summed E-state index contributed by atoms with van der Waals surface area (Å²) in [4.78, 5) is 0. The predicted octanol–water partition coefficient (Wildman–Crippen LogP) is 1.63. The highest BCUT2D eigenvalue weighted by Gasteiger charge is 1.97. The molecule has 0 aromatic heterocycles. The van der Waals surface area contributed by atoms with Crippen LogP contribution in [0, 0.1) is 0 Å². The highest BCUT2D eigenvalue weighted by molar-refractivity contribution is 6.18. The normalized spacial score (nSPS) is 9.91. The molecule has 0 aliphatic carbocycles. The summed E-state index contributed by atoms with van der Waals surface area (Å²) in [5, 5.41) is 0. The van der Waals surface area contributed by atoms with Gasteiger partial charge in [0.05, 0.1) is 0 Å². The molecule has 0 unspecified atom stereocenters. The Labute approximate surface area is 71.1 Å². The molecule has 0 saturated heterocycles. The van der Waals surface area contributed by atoms with Crippen LogP contribution in [0.15, 0.2) is 18.2 Å². The maximum atomic E-state index is 5.66. The summed E-state index contributed by atoms with van der Waals surface area (Å²) in [6.45, 7) is 0. The first-order valence-corrected chi connectivity index (χ1v) is 3.97. The van der Waals surface area contributed by atoms with E-state index in [2.05, 4.69) is 0 Å². The van der Waals surface area contributed by atoms with Crippen molar-refractivity contribution in [3.8, 4) is 0 Å². The van der Waals surface area contributed by atoms with E-state index in [1.807, 2.05) is 6.07 Å². The lowest BCUT2D eigenvalue weighted by Crippen LogP contribution is -1.97. The smallest absolute Gasteiger partial charge is 0.0348 e. The van der Waals surface area contributed by atoms with Crippen LogP contribution in [0.25, 0.3) is 0 Å². The molecule has 0 bridgehead atoms. The highest BCUT2D eigenvalue weighted by atomic mass is 35.5. The average Bonchev–Trinajstić information content (AvgIpc) is 1.98. The lowest BCUT2D eigenvalue weighted by molar-refractivity contribution is 1.16. The van der Waals surface area contributed by atoms with Crippen LogP contribution in [0.3, 0.4) is 0 Å². The van der Waals surface area contributed by atoms with Gasteiger partial charge in [0.1, 0.15) is 0 Å². The minimum Gasteiger partial charge on any atom is -0.399 e. The van der Waals surface area contributed by atoms with Gasteiger partial charge < -0.3 is 11.5 Å². The Kier molecular flexibility index (Phi) is 2.60. The number of nitrogens with two attached hydrogens (primary N) is 2. The SMILES string of the molecule is Nc1ccc(N)c(CCCl)c1. The Balaban J connectivity index is 2.93. The fraction of sp³-hybridized carbons (Fsp3) is 0.250. The second-order valence-electron chi connectivity index (χ2n) is 2.40. The Bertz CT molecular complexity index is 248. The third-order valence-electron chi connectivity index (χ3n) is 1.53. The van der Waals surface area contributed by atoms with Crippen molar-refractivity contribution in [2.75, 3.05) is 17.3 Å². The van der Waals surface area contributed by atoms with Gasteiger partial charge in [-0.05, 0) is 30.2 Å². The summed E-state index contributed by atoms with van der Waals surface area (Å²) >= 11 is 5.56. The van der Waals surface area contributed by atoms with E-state index in [-0.39, 0.29) is 0 Å². The van der Waals surface area contributed by atoms with Crippen LogP contribution in [0.5, 0.6) is 0 Å². The van der Waals surface area contributed by atoms with Crippen molar-refractivity contribution in [1.29, 1.82) is 0 Å². The molecule has 1 aromatic carbocycles. The molecule has 11 heavy (non-hydrogen) atoms. The molecule has 0 aliphatic rings. The molecule has 0 aliphatic heterocycles. The number of nitrogen functional groups attached to an aromatic ring is 2. The summed E-state index contributed by atoms with van der Waals surface area (Å²) in [6, 6.07) is 5.45. The average molecular weight is 171 g/mol. The van der Waals surface area contributed by atoms with Gasteiger partial charge in [-0.25, -0.2) is 0 Å². The lowest BCUT2D eigenvalue weighted by Gasteiger charge is -2.03. The number of alkyl halides is 1. The number of aryl methyl sites for hydroxylation is 1. The Morgan fingerprint density at radius 2 is 2.00 bits per heavy atom. The summed E-state index contributed by atoms with van der Waals surface area (Å²) in [7, 11) is 0. The third-order valence-corrected chi connectivity index (χ3v) is 1.72. The summed E-state index contributed by atoms with van der Waals surface area (Å²) in [5.74, 6) is 0.577. The molecular formula is C8H11ClN2. The molecule has 2 nitrogen and oxygen atoms in total. The number of hydrogen-bond donors (Lipinski definition) is 2. The van der Waals surface area contributed by atoms with Gasteiger partial charge in [0.25, 0.3) is 0 Å². The molecule has 0 spiro atoms. The summed E-state index contributed by atoms with van der Waals surface area (Å²) < 4.78 is 0. The van der Waals surface area contributed by atoms with E-state index in [0.29, 0.717) is 5.88 Å². The van der Waals surface area contributed by atoms with Crippen molar-refractivity contribution in [3.05, 3.63) is 23.8 Å². The van der Waals surface area contributed by atoms with Crippen LogP contribution in [0.1, 0.15) is 5.56 Å². The van der Waals surface area contributed by atoms with Crippen LogP contribution >= 0.6 is 11.6 Å². The minimum atomic E-state index is 0.577. The first-order chi connectivity index (χ1) is 5.24. The van der Waals surface area contributed by atoms with Crippen LogP contribution < -0.4 is 11.5 Å². The van der Waals surface area contributed by atoms with Gasteiger partial charge in [-0.15, -0.1) is 11.6 Å². The zero-order valence-electron chi connectivity index (χ0n) is 6.18. The molecule has 0 saturated carbocycles. The van der Waals surface area contributed by atoms with Gasteiger partial charge in [-0.1, -0.05) is 0 Å². The largest absolute Gasteiger partial charge is 0.399 e. The molecule has 0 amide bonds. The molecule has 4 N–H and O–H groups in total. The van der Waals surface area contributed by atoms with Crippen molar-refractivity contribution in [3.63, 3.8) is 0 Å². The monoisotopic (exact) mass is 170 g/mol. The van der Waals surface area contributed by atoms with E-state index in [0.717, 1.165) is 23.4 Å². The number of halogens is 1. The van der Waals surface area contributed by atoms with E-state index >= 15 is 0 Å². The Morgan fingerprint density at radius 3 is 2.64 bits per heavy atom. The molecule has 60 valence electrons. The van der Waals surface area contributed by atoms with E-state index in [1.54, 1.807) is 12.1 Å². The first kappa shape index (κ1) is 8.21. The van der Waals surface area contributed by atoms with Crippen LogP contribution in [0.2, 0.25) is 0 Å². The topological polar surface area (TPSA) is 52.0 Å². The van der Waals surface area contributed by atoms with Crippen molar-refractivity contribution in [2.24, 2.45) is 0 Å².